The molecule has 1 saturated heterocycles. The van der Waals surface area contributed by atoms with E-state index < -0.39 is 0 Å². The van der Waals surface area contributed by atoms with Crippen molar-refractivity contribution in [2.24, 2.45) is 0 Å². The molecule has 0 aromatic heterocycles. The standard InChI is InChI=1S/C22H25Cl3N2O/c1-14-8-7-11-27(14)22(2,3)20(15-9-5-4-6-10-15)26-21(28)19-17(24)12-16(23)13-18(19)25/h4-6,9-10,12-14,20H,7-8,11H2,1-3H3,(H,26,28). The number of benzene rings is 2. The Labute approximate surface area is 182 Å². The van der Waals surface area contributed by atoms with E-state index in [0.29, 0.717) is 11.1 Å². The molecule has 1 aliphatic rings. The number of hydrogen-bond donors (Lipinski definition) is 1. The number of likely N-dealkylation sites (tertiary alicyclic amines) is 1. The van der Waals surface area contributed by atoms with Crippen molar-refractivity contribution in [1.82, 2.24) is 10.2 Å². The van der Waals surface area contributed by atoms with Gasteiger partial charge in [-0.15, -0.1) is 0 Å². The fourth-order valence-corrected chi connectivity index (χ4v) is 5.22. The molecule has 3 rings (SSSR count). The Morgan fingerprint density at radius 2 is 1.75 bits per heavy atom. The van der Waals surface area contributed by atoms with Crippen LogP contribution in [0.5, 0.6) is 0 Å². The Morgan fingerprint density at radius 1 is 1.14 bits per heavy atom. The molecule has 2 aromatic rings. The van der Waals surface area contributed by atoms with E-state index in [1.165, 1.54) is 12.1 Å². The van der Waals surface area contributed by atoms with Gasteiger partial charge in [-0.1, -0.05) is 65.1 Å². The third kappa shape index (κ3) is 4.33. The number of carbonyl (C=O) groups excluding carboxylic acids is 1. The first-order chi connectivity index (χ1) is 13.2. The largest absolute Gasteiger partial charge is 0.343 e. The molecule has 0 spiro atoms. The molecule has 1 aliphatic heterocycles. The van der Waals surface area contributed by atoms with Crippen molar-refractivity contribution in [3.8, 4) is 0 Å². The monoisotopic (exact) mass is 438 g/mol. The molecule has 3 nitrogen and oxygen atoms in total. The van der Waals surface area contributed by atoms with Crippen LogP contribution in [-0.2, 0) is 0 Å². The Morgan fingerprint density at radius 3 is 2.29 bits per heavy atom. The molecule has 0 radical (unpaired) electrons. The highest BCUT2D eigenvalue weighted by Gasteiger charge is 2.41. The molecule has 2 unspecified atom stereocenters. The van der Waals surface area contributed by atoms with Gasteiger partial charge in [0.1, 0.15) is 0 Å². The summed E-state index contributed by atoms with van der Waals surface area (Å²) >= 11 is 18.6. The second-order valence-electron chi connectivity index (χ2n) is 7.90. The van der Waals surface area contributed by atoms with Crippen molar-refractivity contribution in [3.63, 3.8) is 0 Å². The van der Waals surface area contributed by atoms with Crippen LogP contribution in [0.3, 0.4) is 0 Å². The van der Waals surface area contributed by atoms with Gasteiger partial charge in [0.25, 0.3) is 5.91 Å². The van der Waals surface area contributed by atoms with Crippen LogP contribution in [0.4, 0.5) is 0 Å². The molecule has 6 heteroatoms. The minimum atomic E-state index is -0.305. The van der Waals surface area contributed by atoms with Crippen molar-refractivity contribution in [2.75, 3.05) is 6.54 Å². The van der Waals surface area contributed by atoms with E-state index in [2.05, 4.69) is 31.0 Å². The Bertz CT molecular complexity index is 831. The molecule has 1 fully saturated rings. The van der Waals surface area contributed by atoms with Crippen LogP contribution in [0.25, 0.3) is 0 Å². The zero-order valence-electron chi connectivity index (χ0n) is 16.3. The summed E-state index contributed by atoms with van der Waals surface area (Å²) in [5.74, 6) is -0.305. The number of nitrogens with zero attached hydrogens (tertiary/aromatic N) is 1. The molecule has 150 valence electrons. The van der Waals surface area contributed by atoms with Gasteiger partial charge < -0.3 is 5.32 Å². The van der Waals surface area contributed by atoms with E-state index in [9.17, 15) is 4.79 Å². The van der Waals surface area contributed by atoms with E-state index in [1.807, 2.05) is 30.3 Å². The smallest absolute Gasteiger partial charge is 0.254 e. The second kappa shape index (κ2) is 8.62. The van der Waals surface area contributed by atoms with Crippen molar-refractivity contribution in [3.05, 3.63) is 68.7 Å². The minimum Gasteiger partial charge on any atom is -0.343 e. The molecule has 2 aromatic carbocycles. The van der Waals surface area contributed by atoms with Gasteiger partial charge in [-0.2, -0.15) is 0 Å². The van der Waals surface area contributed by atoms with E-state index in [1.54, 1.807) is 0 Å². The van der Waals surface area contributed by atoms with Gasteiger partial charge in [0.05, 0.1) is 21.7 Å². The van der Waals surface area contributed by atoms with Gasteiger partial charge in [-0.25, -0.2) is 0 Å². The van der Waals surface area contributed by atoms with Crippen LogP contribution in [0.1, 0.15) is 55.6 Å². The highest BCUT2D eigenvalue weighted by Crippen LogP contribution is 2.37. The van der Waals surface area contributed by atoms with Gasteiger partial charge in [0.2, 0.25) is 0 Å². The molecule has 2 atom stereocenters. The first-order valence-corrected chi connectivity index (χ1v) is 10.6. The summed E-state index contributed by atoms with van der Waals surface area (Å²) < 4.78 is 0. The molecule has 0 aliphatic carbocycles. The third-order valence-electron chi connectivity index (χ3n) is 5.64. The lowest BCUT2D eigenvalue weighted by molar-refractivity contribution is 0.0632. The van der Waals surface area contributed by atoms with Crippen LogP contribution in [-0.4, -0.2) is 28.9 Å². The molecule has 0 saturated carbocycles. The fraction of sp³-hybridized carbons (Fsp3) is 0.409. The zero-order valence-corrected chi connectivity index (χ0v) is 18.6. The van der Waals surface area contributed by atoms with Crippen molar-refractivity contribution < 1.29 is 4.79 Å². The van der Waals surface area contributed by atoms with Gasteiger partial charge in [0.15, 0.2) is 0 Å². The van der Waals surface area contributed by atoms with E-state index in [4.69, 9.17) is 34.8 Å². The maximum Gasteiger partial charge on any atom is 0.254 e. The molecular weight excluding hydrogens is 415 g/mol. The third-order valence-corrected chi connectivity index (χ3v) is 6.46. The summed E-state index contributed by atoms with van der Waals surface area (Å²) in [5, 5.41) is 4.09. The van der Waals surface area contributed by atoms with Crippen molar-refractivity contribution in [2.45, 2.75) is 51.2 Å². The van der Waals surface area contributed by atoms with Crippen LogP contribution in [0, 0.1) is 0 Å². The number of carbonyl (C=O) groups is 1. The molecule has 1 amide bonds. The first-order valence-electron chi connectivity index (χ1n) is 9.49. The maximum absolute atomic E-state index is 13.2. The predicted molar refractivity (Wildman–Crippen MR) is 118 cm³/mol. The van der Waals surface area contributed by atoms with Gasteiger partial charge in [-0.05, 0) is 57.9 Å². The minimum absolute atomic E-state index is 0.232. The summed E-state index contributed by atoms with van der Waals surface area (Å²) in [6.45, 7) is 7.61. The van der Waals surface area contributed by atoms with E-state index in [0.717, 1.165) is 24.9 Å². The van der Waals surface area contributed by atoms with Gasteiger partial charge >= 0.3 is 0 Å². The number of amides is 1. The van der Waals surface area contributed by atoms with Crippen LogP contribution in [0.2, 0.25) is 15.1 Å². The summed E-state index contributed by atoms with van der Waals surface area (Å²) in [7, 11) is 0. The Kier molecular flexibility index (Phi) is 6.61. The van der Waals surface area contributed by atoms with Gasteiger partial charge in [-0.3, -0.25) is 9.69 Å². The molecule has 1 heterocycles. The lowest BCUT2D eigenvalue weighted by atomic mass is 9.86. The highest BCUT2D eigenvalue weighted by atomic mass is 35.5. The highest BCUT2D eigenvalue weighted by molar-refractivity contribution is 6.42. The van der Waals surface area contributed by atoms with Crippen LogP contribution >= 0.6 is 34.8 Å². The Balaban J connectivity index is 1.98. The second-order valence-corrected chi connectivity index (χ2v) is 9.15. The number of hydrogen-bond acceptors (Lipinski definition) is 2. The predicted octanol–water partition coefficient (Wildman–Crippen LogP) is 6.38. The number of nitrogens with one attached hydrogen (secondary N) is 1. The SMILES string of the molecule is CC1CCCN1C(C)(C)C(NC(=O)c1c(Cl)cc(Cl)cc1Cl)c1ccccc1. The lowest BCUT2D eigenvalue weighted by Gasteiger charge is -2.45. The van der Waals surface area contributed by atoms with Crippen LogP contribution < -0.4 is 5.32 Å². The topological polar surface area (TPSA) is 32.3 Å². The molecule has 0 bridgehead atoms. The zero-order chi connectivity index (χ0) is 20.5. The van der Waals surface area contributed by atoms with Gasteiger partial charge in [0, 0.05) is 16.6 Å². The first kappa shape index (κ1) is 21.4. The fourth-order valence-electron chi connectivity index (χ4n) is 4.23. The molecule has 28 heavy (non-hydrogen) atoms. The quantitative estimate of drug-likeness (QED) is 0.586. The number of rotatable bonds is 5. The average Bonchev–Trinajstić information content (AvgIpc) is 3.06. The van der Waals surface area contributed by atoms with Crippen molar-refractivity contribution >= 4 is 40.7 Å². The van der Waals surface area contributed by atoms with Crippen molar-refractivity contribution in [1.29, 1.82) is 0 Å². The summed E-state index contributed by atoms with van der Waals surface area (Å²) in [6.07, 6.45) is 2.32. The van der Waals surface area contributed by atoms with Crippen LogP contribution in [0.15, 0.2) is 42.5 Å². The summed E-state index contributed by atoms with van der Waals surface area (Å²) in [6, 6.07) is 13.3. The molecular formula is C22H25Cl3N2O. The Hall–Kier alpha value is -1.26. The van der Waals surface area contributed by atoms with E-state index >= 15 is 0 Å². The summed E-state index contributed by atoms with van der Waals surface area (Å²) in [5.41, 5.74) is 0.998. The molecule has 1 N–H and O–H groups in total. The van der Waals surface area contributed by atoms with E-state index in [-0.39, 0.29) is 33.1 Å². The maximum atomic E-state index is 13.2. The average molecular weight is 440 g/mol. The number of halogens is 3. The normalized spacial score (nSPS) is 18.9. The summed E-state index contributed by atoms with van der Waals surface area (Å²) in [4.78, 5) is 15.7. The lowest BCUT2D eigenvalue weighted by Crippen LogP contribution is -2.54.